The molecule has 1 unspecified atom stereocenters. The summed E-state index contributed by atoms with van der Waals surface area (Å²) in [5.41, 5.74) is 4.11. The van der Waals surface area contributed by atoms with E-state index in [4.69, 9.17) is 0 Å². The van der Waals surface area contributed by atoms with Crippen molar-refractivity contribution in [3.63, 3.8) is 0 Å². The van der Waals surface area contributed by atoms with Gasteiger partial charge >= 0.3 is 0 Å². The molecule has 104 valence electrons. The number of fused-ring (bicyclic) bond motifs is 1. The highest BCUT2D eigenvalue weighted by Crippen LogP contribution is 2.20. The van der Waals surface area contributed by atoms with Crippen molar-refractivity contribution in [1.82, 2.24) is 15.3 Å². The Morgan fingerprint density at radius 1 is 1.40 bits per heavy atom. The van der Waals surface area contributed by atoms with Crippen LogP contribution in [-0.4, -0.2) is 29.0 Å². The van der Waals surface area contributed by atoms with E-state index in [1.807, 2.05) is 38.2 Å². The number of hydrogen-bond donors (Lipinski definition) is 2. The molecule has 3 rings (SSSR count). The number of para-hydroxylation sites is 1. The predicted octanol–water partition coefficient (Wildman–Crippen LogP) is 1.40. The molecule has 1 aliphatic heterocycles. The van der Waals surface area contributed by atoms with E-state index in [1.165, 1.54) is 0 Å². The SMILES string of the molecule is Cc1ccccc1N(C)C(=O)C1Cc2nc[nH]c2CN1. The van der Waals surface area contributed by atoms with Crippen LogP contribution in [0.4, 0.5) is 5.69 Å². The summed E-state index contributed by atoms with van der Waals surface area (Å²) in [7, 11) is 1.83. The molecule has 0 bridgehead atoms. The first-order chi connectivity index (χ1) is 9.66. The molecule has 1 aromatic heterocycles. The summed E-state index contributed by atoms with van der Waals surface area (Å²) < 4.78 is 0. The van der Waals surface area contributed by atoms with Crippen LogP contribution in [0.3, 0.4) is 0 Å². The van der Waals surface area contributed by atoms with Crippen LogP contribution in [0.1, 0.15) is 17.0 Å². The van der Waals surface area contributed by atoms with Crippen LogP contribution in [0.2, 0.25) is 0 Å². The lowest BCUT2D eigenvalue weighted by Crippen LogP contribution is -2.48. The van der Waals surface area contributed by atoms with Gasteiger partial charge in [0, 0.05) is 25.7 Å². The van der Waals surface area contributed by atoms with E-state index in [9.17, 15) is 4.79 Å². The van der Waals surface area contributed by atoms with Gasteiger partial charge in [-0.3, -0.25) is 10.1 Å². The minimum Gasteiger partial charge on any atom is -0.347 e. The number of rotatable bonds is 2. The molecule has 1 aliphatic rings. The first-order valence-electron chi connectivity index (χ1n) is 6.74. The Labute approximate surface area is 118 Å². The molecule has 2 N–H and O–H groups in total. The van der Waals surface area contributed by atoms with E-state index < -0.39 is 0 Å². The zero-order chi connectivity index (χ0) is 14.1. The van der Waals surface area contributed by atoms with Gasteiger partial charge in [-0.05, 0) is 18.6 Å². The summed E-state index contributed by atoms with van der Waals surface area (Å²) in [6, 6.07) is 7.70. The molecule has 5 heteroatoms. The Balaban J connectivity index is 1.78. The third kappa shape index (κ3) is 2.20. The van der Waals surface area contributed by atoms with Crippen LogP contribution in [0.15, 0.2) is 30.6 Å². The number of hydrogen-bond acceptors (Lipinski definition) is 3. The second kappa shape index (κ2) is 5.09. The van der Waals surface area contributed by atoms with Crippen molar-refractivity contribution >= 4 is 11.6 Å². The van der Waals surface area contributed by atoms with E-state index in [2.05, 4.69) is 15.3 Å². The van der Waals surface area contributed by atoms with Gasteiger partial charge in [0.25, 0.3) is 0 Å². The number of anilines is 1. The molecule has 0 radical (unpaired) electrons. The monoisotopic (exact) mass is 270 g/mol. The molecule has 0 saturated carbocycles. The first-order valence-corrected chi connectivity index (χ1v) is 6.74. The molecular weight excluding hydrogens is 252 g/mol. The summed E-state index contributed by atoms with van der Waals surface area (Å²) in [6.07, 6.45) is 2.32. The smallest absolute Gasteiger partial charge is 0.244 e. The number of carbonyl (C=O) groups is 1. The molecule has 2 aromatic rings. The number of imidazole rings is 1. The van der Waals surface area contributed by atoms with Gasteiger partial charge in [0.15, 0.2) is 0 Å². The molecule has 5 nitrogen and oxygen atoms in total. The van der Waals surface area contributed by atoms with Crippen LogP contribution in [-0.2, 0) is 17.8 Å². The van der Waals surface area contributed by atoms with Gasteiger partial charge in [-0.25, -0.2) is 4.98 Å². The van der Waals surface area contributed by atoms with Crippen LogP contribution in [0, 0.1) is 6.92 Å². The third-order valence-corrected chi connectivity index (χ3v) is 3.84. The van der Waals surface area contributed by atoms with Crippen LogP contribution in [0.25, 0.3) is 0 Å². The van der Waals surface area contributed by atoms with Gasteiger partial charge in [-0.15, -0.1) is 0 Å². The molecular formula is C15H18N4O. The minimum absolute atomic E-state index is 0.0768. The van der Waals surface area contributed by atoms with Crippen molar-refractivity contribution < 1.29 is 4.79 Å². The Bertz CT molecular complexity index is 634. The van der Waals surface area contributed by atoms with E-state index in [0.29, 0.717) is 13.0 Å². The number of benzene rings is 1. The summed E-state index contributed by atoms with van der Waals surface area (Å²) in [6.45, 7) is 2.67. The molecule has 2 heterocycles. The highest BCUT2D eigenvalue weighted by atomic mass is 16.2. The maximum Gasteiger partial charge on any atom is 0.244 e. The van der Waals surface area contributed by atoms with Crippen LogP contribution >= 0.6 is 0 Å². The van der Waals surface area contributed by atoms with Gasteiger partial charge in [-0.1, -0.05) is 18.2 Å². The number of aromatic amines is 1. The summed E-state index contributed by atoms with van der Waals surface area (Å²) in [5.74, 6) is 0.0768. The van der Waals surface area contributed by atoms with Gasteiger partial charge in [0.1, 0.15) is 0 Å². The maximum atomic E-state index is 12.6. The Morgan fingerprint density at radius 3 is 3.00 bits per heavy atom. The number of H-pyrrole nitrogens is 1. The molecule has 0 fully saturated rings. The zero-order valence-corrected chi connectivity index (χ0v) is 11.7. The quantitative estimate of drug-likeness (QED) is 0.867. The summed E-state index contributed by atoms with van der Waals surface area (Å²) in [4.78, 5) is 21.7. The zero-order valence-electron chi connectivity index (χ0n) is 11.7. The van der Waals surface area contributed by atoms with Crippen molar-refractivity contribution in [3.05, 3.63) is 47.5 Å². The van der Waals surface area contributed by atoms with E-state index in [0.717, 1.165) is 22.6 Å². The summed E-state index contributed by atoms with van der Waals surface area (Å²) >= 11 is 0. The van der Waals surface area contributed by atoms with Gasteiger partial charge in [0.2, 0.25) is 5.91 Å². The molecule has 0 saturated heterocycles. The van der Waals surface area contributed by atoms with Gasteiger partial charge in [0.05, 0.1) is 23.8 Å². The van der Waals surface area contributed by atoms with Crippen LogP contribution in [0.5, 0.6) is 0 Å². The van der Waals surface area contributed by atoms with Crippen molar-refractivity contribution in [2.75, 3.05) is 11.9 Å². The fourth-order valence-electron chi connectivity index (χ4n) is 2.64. The van der Waals surface area contributed by atoms with E-state index in [1.54, 1.807) is 11.2 Å². The van der Waals surface area contributed by atoms with Crippen LogP contribution < -0.4 is 10.2 Å². The maximum absolute atomic E-state index is 12.6. The molecule has 1 atom stereocenters. The third-order valence-electron chi connectivity index (χ3n) is 3.84. The van der Waals surface area contributed by atoms with E-state index in [-0.39, 0.29) is 11.9 Å². The Kier molecular flexibility index (Phi) is 3.28. The average molecular weight is 270 g/mol. The standard InChI is InChI=1S/C15H18N4O/c1-10-5-3-4-6-14(10)19(2)15(20)12-7-11-13(8-16-12)18-9-17-11/h3-6,9,12,16H,7-8H2,1-2H3,(H,17,18). The van der Waals surface area contributed by atoms with E-state index >= 15 is 0 Å². The predicted molar refractivity (Wildman–Crippen MR) is 77.5 cm³/mol. The fourth-order valence-corrected chi connectivity index (χ4v) is 2.64. The second-order valence-corrected chi connectivity index (χ2v) is 5.15. The van der Waals surface area contributed by atoms with Crippen molar-refractivity contribution in [2.24, 2.45) is 0 Å². The lowest BCUT2D eigenvalue weighted by atomic mass is 10.0. The van der Waals surface area contributed by atoms with Crippen molar-refractivity contribution in [2.45, 2.75) is 25.9 Å². The van der Waals surface area contributed by atoms with Gasteiger partial charge in [-0.2, -0.15) is 0 Å². The molecule has 20 heavy (non-hydrogen) atoms. The number of nitrogens with one attached hydrogen (secondary N) is 2. The topological polar surface area (TPSA) is 61.0 Å². The molecule has 1 aromatic carbocycles. The Morgan fingerprint density at radius 2 is 2.20 bits per heavy atom. The number of likely N-dealkylation sites (N-methyl/N-ethyl adjacent to an activating group) is 1. The Hall–Kier alpha value is -2.14. The largest absolute Gasteiger partial charge is 0.347 e. The molecule has 0 spiro atoms. The van der Waals surface area contributed by atoms with Crippen molar-refractivity contribution in [1.29, 1.82) is 0 Å². The first kappa shape index (κ1) is 12.9. The molecule has 1 amide bonds. The normalized spacial score (nSPS) is 17.6. The fraction of sp³-hybridized carbons (Fsp3) is 0.333. The highest BCUT2D eigenvalue weighted by Gasteiger charge is 2.28. The number of amides is 1. The molecule has 0 aliphatic carbocycles. The number of carbonyl (C=O) groups excluding carboxylic acids is 1. The summed E-state index contributed by atoms with van der Waals surface area (Å²) in [5, 5.41) is 3.27. The highest BCUT2D eigenvalue weighted by molar-refractivity contribution is 5.97. The van der Waals surface area contributed by atoms with Crippen molar-refractivity contribution in [3.8, 4) is 0 Å². The second-order valence-electron chi connectivity index (χ2n) is 5.15. The average Bonchev–Trinajstić information content (AvgIpc) is 2.93. The number of aromatic nitrogens is 2. The lowest BCUT2D eigenvalue weighted by molar-refractivity contribution is -0.120. The van der Waals surface area contributed by atoms with Gasteiger partial charge < -0.3 is 9.88 Å². The minimum atomic E-state index is -0.213. The number of nitrogens with zero attached hydrogens (tertiary/aromatic N) is 2. The number of aryl methyl sites for hydroxylation is 1. The lowest BCUT2D eigenvalue weighted by Gasteiger charge is -2.28.